The number of benzene rings is 5. The number of aromatic nitrogens is 3. The van der Waals surface area contributed by atoms with E-state index in [1.54, 1.807) is 43.3 Å². The van der Waals surface area contributed by atoms with E-state index in [2.05, 4.69) is 54.8 Å². The Labute approximate surface area is 373 Å². The van der Waals surface area contributed by atoms with Gasteiger partial charge in [-0.15, -0.1) is 0 Å². The van der Waals surface area contributed by atoms with Crippen LogP contribution in [0.2, 0.25) is 0 Å². The Hall–Kier alpha value is -7.13. The highest BCUT2D eigenvalue weighted by molar-refractivity contribution is 7.90. The molecule has 334 valence electrons. The summed E-state index contributed by atoms with van der Waals surface area (Å²) < 4.78 is 43.3. The molecule has 0 fully saturated rings. The summed E-state index contributed by atoms with van der Waals surface area (Å²) in [5.41, 5.74) is 6.42. The molecule has 0 radical (unpaired) electrons. The van der Waals surface area contributed by atoms with Crippen molar-refractivity contribution in [1.82, 2.24) is 19.7 Å². The standard InChI is InChI=1S/C22H18O3.C16H21N5O4S.C11H14O2/c1-13(2)16-5-3-4-6-17(16)22-18-9-7-14(23)11-20(18)25-21-12-15(24)8-10-19(21)22;1-10(2)12-8-6-7-9-13(12)26(23,24)20-16(22)21(4)14-17-11(3)18-15(19-14)25-5;1-8(2)10-6-4-5-7-11(10)13-9(3)12/h3-13,23H,1-2H3;6-10H,1-5H3,(H,20,22);4-8H,1-3H3. The molecule has 1 aliphatic carbocycles. The molecule has 2 heterocycles. The van der Waals surface area contributed by atoms with Crippen LogP contribution in [-0.4, -0.2) is 54.6 Å². The van der Waals surface area contributed by atoms with Crippen molar-refractivity contribution in [2.45, 2.75) is 78.0 Å². The van der Waals surface area contributed by atoms with Crippen LogP contribution < -0.4 is 24.5 Å². The lowest BCUT2D eigenvalue weighted by Gasteiger charge is -2.19. The first kappa shape index (κ1) is 47.9. The van der Waals surface area contributed by atoms with Gasteiger partial charge in [0.2, 0.25) is 5.95 Å². The third-order valence-corrected chi connectivity index (χ3v) is 11.3. The number of carbonyl (C=O) groups excluding carboxylic acids is 2. The summed E-state index contributed by atoms with van der Waals surface area (Å²) >= 11 is 0. The molecule has 0 saturated heterocycles. The maximum atomic E-state index is 12.7. The topological polar surface area (TPSA) is 191 Å². The van der Waals surface area contributed by atoms with Crippen LogP contribution in [0.15, 0.2) is 123 Å². The van der Waals surface area contributed by atoms with Crippen molar-refractivity contribution < 1.29 is 37.0 Å². The van der Waals surface area contributed by atoms with Gasteiger partial charge in [-0.25, -0.2) is 17.9 Å². The zero-order valence-electron chi connectivity index (χ0n) is 37.5. The number of hydrogen-bond donors (Lipinski definition) is 2. The van der Waals surface area contributed by atoms with Crippen LogP contribution >= 0.6 is 0 Å². The van der Waals surface area contributed by atoms with Gasteiger partial charge in [-0.1, -0.05) is 102 Å². The van der Waals surface area contributed by atoms with Gasteiger partial charge in [-0.05, 0) is 83.3 Å². The largest absolute Gasteiger partial charge is 0.508 e. The maximum Gasteiger partial charge on any atom is 0.337 e. The number of phenolic OH excluding ortho intramolecular Hbond substituents is 1. The highest BCUT2D eigenvalue weighted by Crippen LogP contribution is 2.43. The zero-order valence-corrected chi connectivity index (χ0v) is 38.4. The molecule has 14 nitrogen and oxygen atoms in total. The average molecular weight is 888 g/mol. The second-order valence-electron chi connectivity index (χ2n) is 15.7. The normalized spacial score (nSPS) is 11.1. The molecule has 64 heavy (non-hydrogen) atoms. The lowest BCUT2D eigenvalue weighted by molar-refractivity contribution is -0.131. The number of ether oxygens (including phenoxy) is 2. The highest BCUT2D eigenvalue weighted by atomic mass is 32.2. The lowest BCUT2D eigenvalue weighted by atomic mass is 9.87. The first-order valence-electron chi connectivity index (χ1n) is 20.5. The van der Waals surface area contributed by atoms with E-state index in [1.165, 1.54) is 38.8 Å². The molecule has 0 saturated carbocycles. The van der Waals surface area contributed by atoms with Gasteiger partial charge in [-0.3, -0.25) is 14.5 Å². The summed E-state index contributed by atoms with van der Waals surface area (Å²) in [5, 5.41) is 10.8. The van der Waals surface area contributed by atoms with Crippen molar-refractivity contribution in [3.8, 4) is 40.0 Å². The summed E-state index contributed by atoms with van der Waals surface area (Å²) in [4.78, 5) is 47.9. The van der Waals surface area contributed by atoms with Crippen molar-refractivity contribution in [2.24, 2.45) is 0 Å². The number of esters is 1. The van der Waals surface area contributed by atoms with Crippen molar-refractivity contribution in [3.05, 3.63) is 142 Å². The fourth-order valence-electron chi connectivity index (χ4n) is 6.80. The number of anilines is 1. The predicted octanol–water partition coefficient (Wildman–Crippen LogP) is 9.98. The van der Waals surface area contributed by atoms with Gasteiger partial charge in [0, 0.05) is 42.6 Å². The number of carbonyl (C=O) groups is 2. The van der Waals surface area contributed by atoms with Crippen molar-refractivity contribution in [2.75, 3.05) is 19.1 Å². The van der Waals surface area contributed by atoms with Gasteiger partial charge >= 0.3 is 18.0 Å². The van der Waals surface area contributed by atoms with E-state index in [0.29, 0.717) is 40.3 Å². The summed E-state index contributed by atoms with van der Waals surface area (Å²) in [5.74, 6) is 2.07. The molecular formula is C49H53N5O9S. The molecule has 5 aromatic rings. The molecule has 0 bridgehead atoms. The number of phenols is 1. The number of methoxy groups -OCH3 is 1. The van der Waals surface area contributed by atoms with E-state index in [0.717, 1.165) is 32.5 Å². The molecule has 0 atom stereocenters. The molecule has 0 unspecified atom stereocenters. The molecule has 7 rings (SSSR count). The summed E-state index contributed by atoms with van der Waals surface area (Å²) in [6.07, 6.45) is 0. The summed E-state index contributed by atoms with van der Waals surface area (Å²) in [7, 11) is -1.32. The molecule has 2 N–H and O–H groups in total. The van der Waals surface area contributed by atoms with Crippen molar-refractivity contribution in [3.63, 3.8) is 0 Å². The third-order valence-electron chi connectivity index (χ3n) is 9.88. The number of aromatic hydroxyl groups is 1. The van der Waals surface area contributed by atoms with Crippen LogP contribution in [0.1, 0.15) is 88.7 Å². The van der Waals surface area contributed by atoms with Gasteiger partial charge in [0.05, 0.1) is 12.0 Å². The van der Waals surface area contributed by atoms with E-state index in [9.17, 15) is 27.9 Å². The van der Waals surface area contributed by atoms with E-state index in [1.807, 2.05) is 67.1 Å². The first-order valence-corrected chi connectivity index (χ1v) is 22.0. The smallest absolute Gasteiger partial charge is 0.337 e. The molecule has 15 heteroatoms. The fraction of sp³-hybridized carbons (Fsp3) is 0.265. The summed E-state index contributed by atoms with van der Waals surface area (Å²) in [6, 6.07) is 31.6. The molecule has 1 aliphatic heterocycles. The molecule has 4 aromatic carbocycles. The second kappa shape index (κ2) is 20.8. The van der Waals surface area contributed by atoms with Gasteiger partial charge in [-0.2, -0.15) is 15.0 Å². The number of aryl methyl sites for hydroxylation is 1. The van der Waals surface area contributed by atoms with Gasteiger partial charge in [0.15, 0.2) is 5.43 Å². The number of rotatable bonds is 9. The minimum Gasteiger partial charge on any atom is -0.508 e. The SMILES string of the molecule is CC(=O)Oc1ccccc1C(C)C.CC(C)c1ccccc1-c1c2ccc(=O)cc-2oc2cc(O)ccc12.COc1nc(C)nc(N(C)C(=O)NS(=O)(=O)c2ccccc2C(C)C)n1. The van der Waals surface area contributed by atoms with Crippen LogP contribution in [0.5, 0.6) is 17.5 Å². The number of fused-ring (bicyclic) bond motifs is 2. The number of urea groups is 1. The summed E-state index contributed by atoms with van der Waals surface area (Å²) in [6.45, 7) is 15.2. The number of nitrogens with zero attached hydrogens (tertiary/aromatic N) is 4. The number of para-hydroxylation sites is 1. The van der Waals surface area contributed by atoms with Gasteiger partial charge < -0.3 is 19.0 Å². The number of amides is 2. The molecule has 2 aliphatic rings. The van der Waals surface area contributed by atoms with E-state index in [-0.39, 0.29) is 39.9 Å². The number of hydrogen-bond acceptors (Lipinski definition) is 12. The van der Waals surface area contributed by atoms with Crippen LogP contribution in [0.25, 0.3) is 33.4 Å². The predicted molar refractivity (Wildman–Crippen MR) is 248 cm³/mol. The molecular weight excluding hydrogens is 835 g/mol. The molecule has 1 aromatic heterocycles. The monoisotopic (exact) mass is 887 g/mol. The Balaban J connectivity index is 0.000000191. The fourth-order valence-corrected chi connectivity index (χ4v) is 8.15. The minimum atomic E-state index is -4.06. The van der Waals surface area contributed by atoms with Crippen LogP contribution in [0, 0.1) is 6.92 Å². The number of nitrogens with one attached hydrogen (secondary N) is 1. The zero-order chi connectivity index (χ0) is 46.9. The van der Waals surface area contributed by atoms with Crippen LogP contribution in [-0.2, 0) is 14.8 Å². The van der Waals surface area contributed by atoms with Crippen molar-refractivity contribution >= 4 is 38.9 Å². The van der Waals surface area contributed by atoms with Crippen LogP contribution in [0.3, 0.4) is 0 Å². The Morgan fingerprint density at radius 3 is 2.00 bits per heavy atom. The third kappa shape index (κ3) is 11.7. The maximum absolute atomic E-state index is 12.7. The Kier molecular flexibility index (Phi) is 15.6. The van der Waals surface area contributed by atoms with Gasteiger partial charge in [0.25, 0.3) is 10.0 Å². The quantitative estimate of drug-likeness (QED) is 0.0793. The molecule has 0 spiro atoms. The Morgan fingerprint density at radius 2 is 1.36 bits per heavy atom. The van der Waals surface area contributed by atoms with E-state index >= 15 is 0 Å². The Bertz CT molecular complexity index is 2910. The molecule has 2 amide bonds. The minimum absolute atomic E-state index is 0.0222. The first-order chi connectivity index (χ1) is 30.3. The Morgan fingerprint density at radius 1 is 0.750 bits per heavy atom. The lowest BCUT2D eigenvalue weighted by Crippen LogP contribution is -2.42. The van der Waals surface area contributed by atoms with Gasteiger partial charge in [0.1, 0.15) is 28.7 Å². The number of sulfonamides is 1. The van der Waals surface area contributed by atoms with Crippen LogP contribution in [0.4, 0.5) is 10.7 Å². The van der Waals surface area contributed by atoms with E-state index in [4.69, 9.17) is 13.9 Å². The second-order valence-corrected chi connectivity index (χ2v) is 17.3. The van der Waals surface area contributed by atoms with Crippen molar-refractivity contribution in [1.29, 1.82) is 0 Å². The highest BCUT2D eigenvalue weighted by Gasteiger charge is 2.26. The average Bonchev–Trinajstić information content (AvgIpc) is 3.25. The van der Waals surface area contributed by atoms with E-state index < -0.39 is 16.1 Å².